The van der Waals surface area contributed by atoms with Gasteiger partial charge in [0.15, 0.2) is 11.5 Å². The molecule has 1 aliphatic carbocycles. The summed E-state index contributed by atoms with van der Waals surface area (Å²) in [7, 11) is 1.52. The molecule has 38 heavy (non-hydrogen) atoms. The Hall–Kier alpha value is -3.35. The molecule has 0 aromatic heterocycles. The third kappa shape index (κ3) is 7.83. The number of ether oxygens (including phenoxy) is 1. The van der Waals surface area contributed by atoms with Crippen molar-refractivity contribution in [3.63, 3.8) is 0 Å². The molecule has 1 aromatic rings. The minimum absolute atomic E-state index is 0.102. The van der Waals surface area contributed by atoms with Crippen LogP contribution in [0.1, 0.15) is 50.5 Å². The number of hydrogen-bond donors (Lipinski definition) is 7. The minimum atomic E-state index is -0.612. The van der Waals surface area contributed by atoms with Gasteiger partial charge in [0, 0.05) is 44.8 Å². The molecule has 1 atom stereocenters. The first-order chi connectivity index (χ1) is 18.5. The number of methoxy groups -OCH3 is 1. The summed E-state index contributed by atoms with van der Waals surface area (Å²) >= 11 is 0. The standard InChI is InChI=1S/C26H40N8O4/c1-38-22-16-18(9-10-21(22)35)11-13-29-32-24-20(17-28-26(30-24)33-31-19-6-2-3-7-19)25(37)27-12-5-15-34-14-4-8-23(34)36/h9-10,16-17,19,24,29,31-32,35H,2-8,11-15H2,1H3,(H,27,37)(H2,28,30,33). The van der Waals surface area contributed by atoms with Crippen LogP contribution < -0.4 is 37.1 Å². The van der Waals surface area contributed by atoms with Gasteiger partial charge in [0.2, 0.25) is 11.9 Å². The molecular formula is C26H40N8O4. The van der Waals surface area contributed by atoms with Crippen LogP contribution in [0.4, 0.5) is 0 Å². The second-order valence-corrected chi connectivity index (χ2v) is 9.80. The number of likely N-dealkylation sites (tertiary alicyclic amines) is 1. The topological polar surface area (TPSA) is 151 Å². The van der Waals surface area contributed by atoms with Gasteiger partial charge >= 0.3 is 0 Å². The third-order valence-electron chi connectivity index (χ3n) is 7.01. The zero-order valence-electron chi connectivity index (χ0n) is 22.0. The summed E-state index contributed by atoms with van der Waals surface area (Å²) in [4.78, 5) is 31.3. The number of carbonyl (C=O) groups excluding carboxylic acids is 2. The van der Waals surface area contributed by atoms with Crippen LogP contribution in [0.2, 0.25) is 0 Å². The number of benzene rings is 1. The second-order valence-electron chi connectivity index (χ2n) is 9.80. The van der Waals surface area contributed by atoms with E-state index in [0.717, 1.165) is 31.4 Å². The van der Waals surface area contributed by atoms with Gasteiger partial charge in [-0.1, -0.05) is 18.9 Å². The van der Waals surface area contributed by atoms with Crippen molar-refractivity contribution in [3.05, 3.63) is 35.5 Å². The molecule has 1 saturated heterocycles. The molecule has 1 aromatic carbocycles. The highest BCUT2D eigenvalue weighted by atomic mass is 16.5. The van der Waals surface area contributed by atoms with Crippen molar-refractivity contribution in [2.45, 2.75) is 63.6 Å². The monoisotopic (exact) mass is 528 g/mol. The van der Waals surface area contributed by atoms with Crippen molar-refractivity contribution in [2.24, 2.45) is 4.99 Å². The molecule has 2 heterocycles. The first kappa shape index (κ1) is 27.7. The van der Waals surface area contributed by atoms with Crippen LogP contribution in [-0.4, -0.2) is 73.3 Å². The molecule has 208 valence electrons. The molecule has 0 bridgehead atoms. The summed E-state index contributed by atoms with van der Waals surface area (Å²) in [5.74, 6) is 1.03. The van der Waals surface area contributed by atoms with E-state index in [2.05, 4.69) is 37.3 Å². The highest BCUT2D eigenvalue weighted by molar-refractivity contribution is 5.97. The summed E-state index contributed by atoms with van der Waals surface area (Å²) < 4.78 is 5.18. The Morgan fingerprint density at radius 1 is 1.21 bits per heavy atom. The van der Waals surface area contributed by atoms with Crippen LogP contribution in [0.15, 0.2) is 35.0 Å². The third-order valence-corrected chi connectivity index (χ3v) is 7.01. The van der Waals surface area contributed by atoms with E-state index in [1.807, 2.05) is 11.0 Å². The van der Waals surface area contributed by atoms with Crippen LogP contribution in [0.5, 0.6) is 11.5 Å². The van der Waals surface area contributed by atoms with Gasteiger partial charge in [-0.25, -0.2) is 15.8 Å². The van der Waals surface area contributed by atoms with E-state index in [4.69, 9.17) is 4.74 Å². The van der Waals surface area contributed by atoms with Gasteiger partial charge in [0.1, 0.15) is 6.17 Å². The Balaban J connectivity index is 1.28. The molecular weight excluding hydrogens is 488 g/mol. The van der Waals surface area contributed by atoms with E-state index in [1.54, 1.807) is 18.3 Å². The van der Waals surface area contributed by atoms with Gasteiger partial charge in [0.05, 0.1) is 12.7 Å². The van der Waals surface area contributed by atoms with E-state index < -0.39 is 6.17 Å². The van der Waals surface area contributed by atoms with E-state index in [9.17, 15) is 14.7 Å². The molecule has 1 saturated carbocycles. The quantitative estimate of drug-likeness (QED) is 0.142. The summed E-state index contributed by atoms with van der Waals surface area (Å²) in [5.41, 5.74) is 14.2. The van der Waals surface area contributed by atoms with Crippen molar-refractivity contribution in [2.75, 3.05) is 33.3 Å². The average molecular weight is 529 g/mol. The highest BCUT2D eigenvalue weighted by Gasteiger charge is 2.25. The molecule has 0 radical (unpaired) electrons. The molecule has 2 aliphatic heterocycles. The zero-order chi connectivity index (χ0) is 26.7. The average Bonchev–Trinajstić information content (AvgIpc) is 3.60. The van der Waals surface area contributed by atoms with Crippen LogP contribution >= 0.6 is 0 Å². The van der Waals surface area contributed by atoms with Crippen LogP contribution in [0, 0.1) is 0 Å². The van der Waals surface area contributed by atoms with E-state index in [-0.39, 0.29) is 17.6 Å². The smallest absolute Gasteiger partial charge is 0.252 e. The molecule has 0 spiro atoms. The van der Waals surface area contributed by atoms with Crippen molar-refractivity contribution in [3.8, 4) is 11.5 Å². The van der Waals surface area contributed by atoms with Crippen LogP contribution in [0.3, 0.4) is 0 Å². The number of rotatable bonds is 13. The van der Waals surface area contributed by atoms with Gasteiger partial charge in [-0.3, -0.25) is 20.4 Å². The number of aliphatic imine (C=N–C) groups is 1. The first-order valence-electron chi connectivity index (χ1n) is 13.5. The fourth-order valence-corrected chi connectivity index (χ4v) is 4.84. The Bertz CT molecular complexity index is 1020. The van der Waals surface area contributed by atoms with E-state index in [0.29, 0.717) is 62.2 Å². The number of nitrogens with zero attached hydrogens (tertiary/aromatic N) is 2. The number of hydrogen-bond acceptors (Lipinski definition) is 10. The number of nitrogens with one attached hydrogen (secondary N) is 6. The van der Waals surface area contributed by atoms with Gasteiger partial charge in [-0.15, -0.1) is 0 Å². The van der Waals surface area contributed by atoms with Gasteiger partial charge in [-0.05, 0) is 49.8 Å². The van der Waals surface area contributed by atoms with E-state index in [1.165, 1.54) is 20.0 Å². The van der Waals surface area contributed by atoms with Crippen LogP contribution in [-0.2, 0) is 16.0 Å². The van der Waals surface area contributed by atoms with Crippen molar-refractivity contribution in [1.82, 2.24) is 37.2 Å². The number of hydrazine groups is 2. The maximum absolute atomic E-state index is 13.0. The van der Waals surface area contributed by atoms with Gasteiger partial charge in [0.25, 0.3) is 5.91 Å². The molecule has 12 nitrogen and oxygen atoms in total. The number of guanidine groups is 1. The molecule has 2 amide bonds. The second kappa shape index (κ2) is 14.0. The lowest BCUT2D eigenvalue weighted by Gasteiger charge is -2.25. The van der Waals surface area contributed by atoms with Gasteiger partial charge in [-0.2, -0.15) is 0 Å². The predicted octanol–water partition coefficient (Wildman–Crippen LogP) is 0.372. The number of phenols is 1. The van der Waals surface area contributed by atoms with Crippen molar-refractivity contribution in [1.29, 1.82) is 0 Å². The molecule has 12 heteroatoms. The highest BCUT2D eigenvalue weighted by Crippen LogP contribution is 2.26. The number of aromatic hydroxyl groups is 1. The fraction of sp³-hybridized carbons (Fsp3) is 0.577. The van der Waals surface area contributed by atoms with Crippen LogP contribution in [0.25, 0.3) is 0 Å². The first-order valence-corrected chi connectivity index (χ1v) is 13.5. The Morgan fingerprint density at radius 2 is 2.05 bits per heavy atom. The summed E-state index contributed by atoms with van der Waals surface area (Å²) in [6.07, 6.45) is 8.64. The SMILES string of the molecule is COc1cc(CCNNC2N=C(NNC3CCCC3)NC=C2C(=O)NCCCN2CCCC2=O)ccc1O. The lowest BCUT2D eigenvalue weighted by Crippen LogP contribution is -2.54. The number of amides is 2. The minimum Gasteiger partial charge on any atom is -0.504 e. The number of phenolic OH excluding ortho intramolecular Hbond substituents is 1. The predicted molar refractivity (Wildman–Crippen MR) is 144 cm³/mol. The Morgan fingerprint density at radius 3 is 2.82 bits per heavy atom. The fourth-order valence-electron chi connectivity index (χ4n) is 4.84. The zero-order valence-corrected chi connectivity index (χ0v) is 22.0. The maximum atomic E-state index is 13.0. The molecule has 3 aliphatic rings. The molecule has 2 fully saturated rings. The lowest BCUT2D eigenvalue weighted by atomic mass is 10.1. The molecule has 1 unspecified atom stereocenters. The van der Waals surface area contributed by atoms with Gasteiger partial charge < -0.3 is 25.4 Å². The number of carbonyl (C=O) groups is 2. The van der Waals surface area contributed by atoms with E-state index >= 15 is 0 Å². The normalized spacial score (nSPS) is 19.7. The lowest BCUT2D eigenvalue weighted by molar-refractivity contribution is -0.127. The molecule has 7 N–H and O–H groups in total. The summed E-state index contributed by atoms with van der Waals surface area (Å²) in [5, 5.41) is 15.8. The maximum Gasteiger partial charge on any atom is 0.252 e. The summed E-state index contributed by atoms with van der Waals surface area (Å²) in [6, 6.07) is 5.65. The Labute approximate surface area is 223 Å². The summed E-state index contributed by atoms with van der Waals surface area (Å²) in [6.45, 7) is 2.49. The largest absolute Gasteiger partial charge is 0.504 e. The van der Waals surface area contributed by atoms with Crippen molar-refractivity contribution < 1.29 is 19.4 Å². The Kier molecular flexibility index (Phi) is 10.2. The molecule has 4 rings (SSSR count). The van der Waals surface area contributed by atoms with Crippen molar-refractivity contribution >= 4 is 17.8 Å².